The van der Waals surface area contributed by atoms with Crippen LogP contribution in [0, 0.1) is 23.5 Å². The lowest BCUT2D eigenvalue weighted by molar-refractivity contribution is -0.126. The first-order valence-electron chi connectivity index (χ1n) is 10.9. The molecule has 176 valence electrons. The number of carbonyl (C=O) groups is 2. The average Bonchev–Trinajstić information content (AvgIpc) is 3.66. The van der Waals surface area contributed by atoms with E-state index in [1.54, 1.807) is 12.1 Å². The molecule has 0 atom stereocenters. The van der Waals surface area contributed by atoms with Crippen LogP contribution in [0.3, 0.4) is 0 Å². The largest absolute Gasteiger partial charge is 0.352 e. The number of hydrogen-bond donors (Lipinski definition) is 2. The lowest BCUT2D eigenvalue weighted by Gasteiger charge is -2.30. The molecule has 2 amide bonds. The molecule has 33 heavy (non-hydrogen) atoms. The second-order valence-corrected chi connectivity index (χ2v) is 10.3. The molecule has 1 saturated heterocycles. The van der Waals surface area contributed by atoms with E-state index in [9.17, 15) is 26.8 Å². The van der Waals surface area contributed by atoms with Gasteiger partial charge < -0.3 is 10.6 Å². The van der Waals surface area contributed by atoms with Crippen molar-refractivity contribution in [1.82, 2.24) is 9.62 Å². The van der Waals surface area contributed by atoms with Crippen LogP contribution in [0.1, 0.15) is 31.2 Å². The van der Waals surface area contributed by atoms with Gasteiger partial charge in [-0.15, -0.1) is 0 Å². The summed E-state index contributed by atoms with van der Waals surface area (Å²) in [6, 6.07) is 9.55. The van der Waals surface area contributed by atoms with Crippen molar-refractivity contribution in [1.29, 1.82) is 0 Å². The highest BCUT2D eigenvalue weighted by molar-refractivity contribution is 7.89. The molecule has 2 fully saturated rings. The minimum absolute atomic E-state index is 0.0320. The topological polar surface area (TPSA) is 95.6 Å². The third kappa shape index (κ3) is 5.56. The molecule has 0 bridgehead atoms. The van der Waals surface area contributed by atoms with Gasteiger partial charge in [0.15, 0.2) is 0 Å². The molecule has 1 heterocycles. The van der Waals surface area contributed by atoms with Gasteiger partial charge in [-0.05, 0) is 61.6 Å². The third-order valence-electron chi connectivity index (χ3n) is 5.97. The van der Waals surface area contributed by atoms with Crippen molar-refractivity contribution in [3.05, 3.63) is 59.7 Å². The number of piperidine rings is 1. The Bertz CT molecular complexity index is 1140. The molecule has 2 aromatic rings. The van der Waals surface area contributed by atoms with Gasteiger partial charge >= 0.3 is 0 Å². The first kappa shape index (κ1) is 23.3. The van der Waals surface area contributed by atoms with Crippen LogP contribution in [0.5, 0.6) is 0 Å². The Morgan fingerprint density at radius 1 is 0.909 bits per heavy atom. The van der Waals surface area contributed by atoms with E-state index in [1.165, 1.54) is 0 Å². The summed E-state index contributed by atoms with van der Waals surface area (Å²) in [5.41, 5.74) is 1.58. The number of amides is 2. The van der Waals surface area contributed by atoms with Crippen molar-refractivity contribution in [3.63, 3.8) is 0 Å². The Hall–Kier alpha value is -2.85. The zero-order valence-electron chi connectivity index (χ0n) is 17.9. The summed E-state index contributed by atoms with van der Waals surface area (Å²) < 4.78 is 53.8. The van der Waals surface area contributed by atoms with Crippen molar-refractivity contribution >= 4 is 27.5 Å². The molecule has 7 nitrogen and oxygen atoms in total. The van der Waals surface area contributed by atoms with Gasteiger partial charge in [-0.25, -0.2) is 17.2 Å². The van der Waals surface area contributed by atoms with E-state index in [0.29, 0.717) is 18.3 Å². The maximum Gasteiger partial charge on any atom is 0.246 e. The van der Waals surface area contributed by atoms with Crippen LogP contribution < -0.4 is 10.6 Å². The van der Waals surface area contributed by atoms with E-state index < -0.39 is 26.6 Å². The summed E-state index contributed by atoms with van der Waals surface area (Å²) in [5.74, 6) is -2.24. The van der Waals surface area contributed by atoms with E-state index in [1.807, 2.05) is 12.1 Å². The molecule has 1 saturated carbocycles. The van der Waals surface area contributed by atoms with Crippen LogP contribution in [0.4, 0.5) is 14.5 Å². The molecule has 0 radical (unpaired) electrons. The summed E-state index contributed by atoms with van der Waals surface area (Å²) in [5, 5.41) is 5.71. The number of rotatable bonds is 7. The van der Waals surface area contributed by atoms with E-state index in [4.69, 9.17) is 0 Å². The fourth-order valence-electron chi connectivity index (χ4n) is 3.80. The number of nitrogens with zero attached hydrogens (tertiary/aromatic N) is 1. The third-order valence-corrected chi connectivity index (χ3v) is 7.89. The summed E-state index contributed by atoms with van der Waals surface area (Å²) in [6.45, 7) is 0.403. The SMILES string of the molecule is O=C(NCc1ccc(NC(=O)C2CC2)cc1)C1CCN(S(=O)(=O)c2cc(F)ccc2F)CC1. The summed E-state index contributed by atoms with van der Waals surface area (Å²) in [6.07, 6.45) is 2.44. The van der Waals surface area contributed by atoms with Crippen molar-refractivity contribution in [2.75, 3.05) is 18.4 Å². The van der Waals surface area contributed by atoms with E-state index in [0.717, 1.165) is 34.8 Å². The lowest BCUT2D eigenvalue weighted by atomic mass is 9.97. The number of anilines is 1. The van der Waals surface area contributed by atoms with Crippen LogP contribution >= 0.6 is 0 Å². The van der Waals surface area contributed by atoms with Crippen molar-refractivity contribution in [3.8, 4) is 0 Å². The minimum Gasteiger partial charge on any atom is -0.352 e. The van der Waals surface area contributed by atoms with Crippen molar-refractivity contribution in [2.45, 2.75) is 37.1 Å². The zero-order chi connectivity index (χ0) is 23.6. The Balaban J connectivity index is 1.27. The van der Waals surface area contributed by atoms with Gasteiger partial charge in [0.2, 0.25) is 21.8 Å². The van der Waals surface area contributed by atoms with E-state index in [2.05, 4.69) is 10.6 Å². The molecule has 0 unspecified atom stereocenters. The first-order chi connectivity index (χ1) is 15.7. The van der Waals surface area contributed by atoms with Crippen LogP contribution in [0.15, 0.2) is 47.4 Å². The lowest BCUT2D eigenvalue weighted by Crippen LogP contribution is -2.43. The Labute approximate surface area is 191 Å². The van der Waals surface area contributed by atoms with Gasteiger partial charge in [0.25, 0.3) is 0 Å². The molecular weight excluding hydrogens is 452 g/mol. The molecule has 0 spiro atoms. The fourth-order valence-corrected chi connectivity index (χ4v) is 5.35. The molecule has 4 rings (SSSR count). The number of sulfonamides is 1. The van der Waals surface area contributed by atoms with Gasteiger partial charge in [-0.1, -0.05) is 12.1 Å². The highest BCUT2D eigenvalue weighted by atomic mass is 32.2. The summed E-state index contributed by atoms with van der Waals surface area (Å²) >= 11 is 0. The predicted molar refractivity (Wildman–Crippen MR) is 117 cm³/mol. The van der Waals surface area contributed by atoms with Gasteiger partial charge in [0.05, 0.1) is 0 Å². The Morgan fingerprint density at radius 2 is 1.55 bits per heavy atom. The maximum atomic E-state index is 14.0. The fraction of sp³-hybridized carbons (Fsp3) is 0.391. The monoisotopic (exact) mass is 477 g/mol. The standard InChI is InChI=1S/C23H25F2N3O4S/c24-18-5-8-20(25)21(13-18)33(31,32)28-11-9-17(10-12-28)22(29)26-14-15-1-6-19(7-2-15)27-23(30)16-3-4-16/h1-2,5-8,13,16-17H,3-4,9-12,14H2,(H,26,29)(H,27,30). The predicted octanol–water partition coefficient (Wildman–Crippen LogP) is 3.03. The van der Waals surface area contributed by atoms with Crippen molar-refractivity contribution in [2.24, 2.45) is 11.8 Å². The number of benzene rings is 2. The van der Waals surface area contributed by atoms with E-state index >= 15 is 0 Å². The molecule has 2 aliphatic rings. The zero-order valence-corrected chi connectivity index (χ0v) is 18.7. The summed E-state index contributed by atoms with van der Waals surface area (Å²) in [7, 11) is -4.18. The highest BCUT2D eigenvalue weighted by Gasteiger charge is 2.34. The normalized spacial score (nSPS) is 17.5. The first-order valence-corrected chi connectivity index (χ1v) is 12.3. The van der Waals surface area contributed by atoms with Crippen molar-refractivity contribution < 1.29 is 26.8 Å². The molecular formula is C23H25F2N3O4S. The smallest absolute Gasteiger partial charge is 0.246 e. The number of hydrogen-bond acceptors (Lipinski definition) is 4. The highest BCUT2D eigenvalue weighted by Crippen LogP contribution is 2.30. The average molecular weight is 478 g/mol. The second-order valence-electron chi connectivity index (χ2n) is 8.43. The van der Waals surface area contributed by atoms with Gasteiger partial charge in [0, 0.05) is 37.2 Å². The van der Waals surface area contributed by atoms with Gasteiger partial charge in [0.1, 0.15) is 16.5 Å². The molecule has 0 aromatic heterocycles. The van der Waals surface area contributed by atoms with Gasteiger partial charge in [-0.3, -0.25) is 9.59 Å². The summed E-state index contributed by atoms with van der Waals surface area (Å²) in [4.78, 5) is 23.7. The van der Waals surface area contributed by atoms with Crippen LogP contribution in [0.2, 0.25) is 0 Å². The van der Waals surface area contributed by atoms with Crippen LogP contribution in [-0.4, -0.2) is 37.6 Å². The second kappa shape index (κ2) is 9.56. The molecule has 2 N–H and O–H groups in total. The molecule has 10 heteroatoms. The number of nitrogens with one attached hydrogen (secondary N) is 2. The minimum atomic E-state index is -4.18. The quantitative estimate of drug-likeness (QED) is 0.641. The number of carbonyl (C=O) groups excluding carboxylic acids is 2. The maximum absolute atomic E-state index is 14.0. The number of halogens is 2. The molecule has 1 aliphatic heterocycles. The Morgan fingerprint density at radius 3 is 2.18 bits per heavy atom. The van der Waals surface area contributed by atoms with Crippen LogP contribution in [-0.2, 0) is 26.2 Å². The molecule has 1 aliphatic carbocycles. The Kier molecular flexibility index (Phi) is 6.76. The van der Waals surface area contributed by atoms with Crippen LogP contribution in [0.25, 0.3) is 0 Å². The van der Waals surface area contributed by atoms with E-state index in [-0.39, 0.29) is 49.6 Å². The molecule has 2 aromatic carbocycles. The van der Waals surface area contributed by atoms with Gasteiger partial charge in [-0.2, -0.15) is 4.31 Å².